The van der Waals surface area contributed by atoms with Crippen LogP contribution in [0.3, 0.4) is 0 Å². The zero-order valence-electron chi connectivity index (χ0n) is 12.9. The fraction of sp³-hybridized carbons (Fsp3) is 0.750. The van der Waals surface area contributed by atoms with Crippen molar-refractivity contribution in [1.82, 2.24) is 10.2 Å². The fourth-order valence-electron chi connectivity index (χ4n) is 2.99. The number of nitrogens with zero attached hydrogens (tertiary/aromatic N) is 1. The highest BCUT2D eigenvalue weighted by atomic mass is 32.1. The second-order valence-corrected chi connectivity index (χ2v) is 6.99. The maximum absolute atomic E-state index is 5.56. The van der Waals surface area contributed by atoms with Crippen LogP contribution in [0.1, 0.15) is 24.6 Å². The average Bonchev–Trinajstić information content (AvgIpc) is 2.97. The summed E-state index contributed by atoms with van der Waals surface area (Å²) in [4.78, 5) is 3.99. The minimum atomic E-state index is 0.401. The monoisotopic (exact) mass is 296 g/mol. The molecule has 1 fully saturated rings. The maximum atomic E-state index is 5.56. The van der Waals surface area contributed by atoms with Crippen LogP contribution in [-0.4, -0.2) is 51.3 Å². The number of nitrogens with one attached hydrogen (secondary N) is 1. The molecule has 0 atom stereocenters. The van der Waals surface area contributed by atoms with Crippen LogP contribution in [0, 0.1) is 5.41 Å². The summed E-state index contributed by atoms with van der Waals surface area (Å²) in [7, 11) is 2.26. The smallest absolute Gasteiger partial charge is 0.0472 e. The number of thiophene rings is 1. The molecule has 1 aliphatic heterocycles. The summed E-state index contributed by atoms with van der Waals surface area (Å²) >= 11 is 1.86. The zero-order valence-corrected chi connectivity index (χ0v) is 13.7. The summed E-state index contributed by atoms with van der Waals surface area (Å²) in [5.74, 6) is 0. The predicted octanol–water partition coefficient (Wildman–Crippen LogP) is 2.63. The van der Waals surface area contributed by atoms with Gasteiger partial charge < -0.3 is 15.0 Å². The van der Waals surface area contributed by atoms with E-state index in [0.717, 1.165) is 32.8 Å². The lowest BCUT2D eigenvalue weighted by Crippen LogP contribution is -2.46. The second kappa shape index (κ2) is 8.13. The van der Waals surface area contributed by atoms with E-state index in [1.807, 2.05) is 11.3 Å². The molecular formula is C16H28N2OS. The van der Waals surface area contributed by atoms with E-state index >= 15 is 0 Å². The van der Waals surface area contributed by atoms with Crippen LogP contribution in [0.2, 0.25) is 0 Å². The normalized spacial score (nSPS) is 18.6. The number of hydrogen-bond acceptors (Lipinski definition) is 4. The number of rotatable bonds is 8. The van der Waals surface area contributed by atoms with Gasteiger partial charge in [0.25, 0.3) is 0 Å². The van der Waals surface area contributed by atoms with Gasteiger partial charge in [-0.05, 0) is 49.7 Å². The van der Waals surface area contributed by atoms with Crippen molar-refractivity contribution in [1.29, 1.82) is 0 Å². The van der Waals surface area contributed by atoms with E-state index in [1.54, 1.807) is 0 Å². The Morgan fingerprint density at radius 1 is 1.40 bits per heavy atom. The molecule has 114 valence electrons. The summed E-state index contributed by atoms with van der Waals surface area (Å²) in [5.41, 5.74) is 0.401. The van der Waals surface area contributed by atoms with E-state index in [-0.39, 0.29) is 0 Å². The first-order valence-corrected chi connectivity index (χ1v) is 8.61. The Morgan fingerprint density at radius 2 is 2.20 bits per heavy atom. The summed E-state index contributed by atoms with van der Waals surface area (Å²) in [6.45, 7) is 8.53. The zero-order chi connectivity index (χ0) is 14.3. The fourth-order valence-corrected chi connectivity index (χ4v) is 3.69. The molecule has 0 bridgehead atoms. The number of hydrogen-bond donors (Lipinski definition) is 1. The minimum absolute atomic E-state index is 0.401. The quantitative estimate of drug-likeness (QED) is 0.798. The third-order valence-corrected chi connectivity index (χ3v) is 5.16. The van der Waals surface area contributed by atoms with Crippen molar-refractivity contribution >= 4 is 11.3 Å². The molecule has 0 aliphatic carbocycles. The molecule has 2 rings (SSSR count). The van der Waals surface area contributed by atoms with Crippen molar-refractivity contribution in [2.45, 2.75) is 26.2 Å². The van der Waals surface area contributed by atoms with Gasteiger partial charge in [0.1, 0.15) is 0 Å². The van der Waals surface area contributed by atoms with Gasteiger partial charge in [0, 0.05) is 37.7 Å². The molecule has 3 nitrogen and oxygen atoms in total. The van der Waals surface area contributed by atoms with E-state index in [9.17, 15) is 0 Å². The standard InChI is InChI=1S/C16H28N2OS/c1-3-17-13-16(7-10-19-11-8-16)14-18(2)9-6-15-5-4-12-20-15/h4-5,12,17H,3,6-11,13-14H2,1-2H3. The molecule has 1 saturated heterocycles. The van der Waals surface area contributed by atoms with Crippen molar-refractivity contribution in [3.63, 3.8) is 0 Å². The van der Waals surface area contributed by atoms with E-state index in [1.165, 1.54) is 30.7 Å². The van der Waals surface area contributed by atoms with Crippen molar-refractivity contribution in [2.75, 3.05) is 46.4 Å². The Labute approximate surface area is 127 Å². The highest BCUT2D eigenvalue weighted by molar-refractivity contribution is 7.09. The lowest BCUT2D eigenvalue weighted by atomic mass is 9.79. The highest BCUT2D eigenvalue weighted by Gasteiger charge is 2.33. The van der Waals surface area contributed by atoms with Crippen molar-refractivity contribution < 1.29 is 4.74 Å². The molecule has 0 unspecified atom stereocenters. The van der Waals surface area contributed by atoms with Gasteiger partial charge in [0.05, 0.1) is 0 Å². The Kier molecular flexibility index (Phi) is 6.49. The first-order valence-electron chi connectivity index (χ1n) is 7.73. The molecule has 20 heavy (non-hydrogen) atoms. The van der Waals surface area contributed by atoms with E-state index < -0.39 is 0 Å². The van der Waals surface area contributed by atoms with Crippen LogP contribution in [0.15, 0.2) is 17.5 Å². The van der Waals surface area contributed by atoms with Gasteiger partial charge in [-0.2, -0.15) is 0 Å². The first-order chi connectivity index (χ1) is 9.74. The van der Waals surface area contributed by atoms with Crippen LogP contribution < -0.4 is 5.32 Å². The van der Waals surface area contributed by atoms with Crippen molar-refractivity contribution in [3.05, 3.63) is 22.4 Å². The molecule has 0 aromatic carbocycles. The van der Waals surface area contributed by atoms with Crippen LogP contribution in [-0.2, 0) is 11.2 Å². The lowest BCUT2D eigenvalue weighted by molar-refractivity contribution is -0.000163. The van der Waals surface area contributed by atoms with Crippen molar-refractivity contribution in [2.24, 2.45) is 5.41 Å². The topological polar surface area (TPSA) is 24.5 Å². The van der Waals surface area contributed by atoms with E-state index in [0.29, 0.717) is 5.41 Å². The van der Waals surface area contributed by atoms with E-state index in [4.69, 9.17) is 4.74 Å². The van der Waals surface area contributed by atoms with Gasteiger partial charge in [-0.3, -0.25) is 0 Å². The predicted molar refractivity (Wildman–Crippen MR) is 86.5 cm³/mol. The third kappa shape index (κ3) is 4.85. The Balaban J connectivity index is 1.82. The largest absolute Gasteiger partial charge is 0.381 e. The van der Waals surface area contributed by atoms with Gasteiger partial charge in [-0.15, -0.1) is 11.3 Å². The average molecular weight is 296 g/mol. The van der Waals surface area contributed by atoms with Crippen LogP contribution in [0.5, 0.6) is 0 Å². The molecule has 1 aromatic heterocycles. The summed E-state index contributed by atoms with van der Waals surface area (Å²) in [6, 6.07) is 4.38. The van der Waals surface area contributed by atoms with Gasteiger partial charge in [0.2, 0.25) is 0 Å². The van der Waals surface area contributed by atoms with Gasteiger partial charge in [0.15, 0.2) is 0 Å². The number of ether oxygens (including phenoxy) is 1. The molecule has 1 aliphatic rings. The summed E-state index contributed by atoms with van der Waals surface area (Å²) < 4.78 is 5.56. The van der Waals surface area contributed by atoms with Gasteiger partial charge in [-0.1, -0.05) is 13.0 Å². The van der Waals surface area contributed by atoms with Crippen molar-refractivity contribution in [3.8, 4) is 0 Å². The minimum Gasteiger partial charge on any atom is -0.381 e. The van der Waals surface area contributed by atoms with Gasteiger partial charge in [-0.25, -0.2) is 0 Å². The summed E-state index contributed by atoms with van der Waals surface area (Å²) in [6.07, 6.45) is 3.54. The molecule has 0 radical (unpaired) electrons. The lowest BCUT2D eigenvalue weighted by Gasteiger charge is -2.40. The highest BCUT2D eigenvalue weighted by Crippen LogP contribution is 2.30. The SMILES string of the molecule is CCNCC1(CN(C)CCc2cccs2)CCOCC1. The van der Waals surface area contributed by atoms with E-state index in [2.05, 4.69) is 41.7 Å². The third-order valence-electron chi connectivity index (χ3n) is 4.23. The summed E-state index contributed by atoms with van der Waals surface area (Å²) in [5, 5.41) is 5.72. The Morgan fingerprint density at radius 3 is 2.85 bits per heavy atom. The Hall–Kier alpha value is -0.420. The molecule has 2 heterocycles. The van der Waals surface area contributed by atoms with Crippen LogP contribution in [0.25, 0.3) is 0 Å². The molecule has 0 amide bonds. The number of likely N-dealkylation sites (N-methyl/N-ethyl adjacent to an activating group) is 1. The van der Waals surface area contributed by atoms with Crippen LogP contribution >= 0.6 is 11.3 Å². The molecular weight excluding hydrogens is 268 g/mol. The van der Waals surface area contributed by atoms with Gasteiger partial charge >= 0.3 is 0 Å². The first kappa shape index (κ1) is 16.0. The Bertz CT molecular complexity index is 361. The molecule has 1 N–H and O–H groups in total. The molecule has 4 heteroatoms. The van der Waals surface area contributed by atoms with Crippen LogP contribution in [0.4, 0.5) is 0 Å². The molecule has 0 saturated carbocycles. The molecule has 1 aromatic rings. The second-order valence-electron chi connectivity index (χ2n) is 5.96. The maximum Gasteiger partial charge on any atom is 0.0472 e. The molecule has 0 spiro atoms.